The van der Waals surface area contributed by atoms with Crippen molar-refractivity contribution in [1.29, 1.82) is 0 Å². The highest BCUT2D eigenvalue weighted by molar-refractivity contribution is 5.95. The molecule has 2 heterocycles. The summed E-state index contributed by atoms with van der Waals surface area (Å²) in [6.45, 7) is 5.67. The summed E-state index contributed by atoms with van der Waals surface area (Å²) in [5.41, 5.74) is 2.90. The van der Waals surface area contributed by atoms with Gasteiger partial charge in [0.25, 0.3) is 5.91 Å². The maximum Gasteiger partial charge on any atom is 0.257 e. The molecule has 2 aromatic rings. The minimum atomic E-state index is 0.00605. The highest BCUT2D eigenvalue weighted by Gasteiger charge is 2.25. The van der Waals surface area contributed by atoms with Crippen LogP contribution in [-0.4, -0.2) is 44.2 Å². The first-order valence-corrected chi connectivity index (χ1v) is 9.18. The van der Waals surface area contributed by atoms with E-state index >= 15 is 0 Å². The highest BCUT2D eigenvalue weighted by atomic mass is 16.5. The second-order valence-electron chi connectivity index (χ2n) is 7.21. The molecule has 0 saturated carbocycles. The molecule has 1 aliphatic rings. The Labute approximate surface area is 155 Å². The molecule has 0 unspecified atom stereocenters. The molecular weight excluding hydrogens is 328 g/mol. The third-order valence-electron chi connectivity index (χ3n) is 4.83. The van der Waals surface area contributed by atoms with Crippen molar-refractivity contribution in [3.63, 3.8) is 0 Å². The minimum Gasteiger partial charge on any atom is -0.466 e. The van der Waals surface area contributed by atoms with Crippen LogP contribution in [-0.2, 0) is 11.3 Å². The van der Waals surface area contributed by atoms with Gasteiger partial charge >= 0.3 is 0 Å². The first kappa shape index (κ1) is 18.5. The van der Waals surface area contributed by atoms with Crippen molar-refractivity contribution in [2.75, 3.05) is 32.1 Å². The van der Waals surface area contributed by atoms with Gasteiger partial charge in [0.15, 0.2) is 0 Å². The Bertz CT molecular complexity index is 743. The molecule has 1 aliphatic heterocycles. The van der Waals surface area contributed by atoms with Crippen molar-refractivity contribution < 1.29 is 13.9 Å². The zero-order valence-corrected chi connectivity index (χ0v) is 16.1. The molecule has 1 atom stereocenters. The molecule has 0 spiro atoms. The Morgan fingerprint density at radius 2 is 1.92 bits per heavy atom. The summed E-state index contributed by atoms with van der Waals surface area (Å²) in [5.74, 6) is 1.44. The number of amides is 1. The lowest BCUT2D eigenvalue weighted by Gasteiger charge is -2.26. The number of hydrogen-bond donors (Lipinski definition) is 0. The Morgan fingerprint density at radius 1 is 1.19 bits per heavy atom. The van der Waals surface area contributed by atoms with E-state index in [1.807, 2.05) is 38.9 Å². The summed E-state index contributed by atoms with van der Waals surface area (Å²) in [5, 5.41) is 0. The predicted octanol–water partition coefficient (Wildman–Crippen LogP) is 3.78. The number of furan rings is 1. The minimum absolute atomic E-state index is 0.00605. The average molecular weight is 356 g/mol. The number of carbonyl (C=O) groups excluding carboxylic acids is 1. The van der Waals surface area contributed by atoms with Gasteiger partial charge < -0.3 is 19.0 Å². The van der Waals surface area contributed by atoms with Gasteiger partial charge in [0, 0.05) is 39.5 Å². The molecule has 140 valence electrons. The van der Waals surface area contributed by atoms with Crippen molar-refractivity contribution in [1.82, 2.24) is 4.90 Å². The largest absolute Gasteiger partial charge is 0.466 e. The van der Waals surface area contributed by atoms with Crippen LogP contribution in [0.15, 0.2) is 34.7 Å². The quantitative estimate of drug-likeness (QED) is 0.790. The zero-order chi connectivity index (χ0) is 18.7. The summed E-state index contributed by atoms with van der Waals surface area (Å²) < 4.78 is 11.3. The third-order valence-corrected chi connectivity index (χ3v) is 4.83. The molecule has 1 fully saturated rings. The van der Waals surface area contributed by atoms with Gasteiger partial charge in [0.05, 0.1) is 11.7 Å². The molecule has 5 nitrogen and oxygen atoms in total. The number of hydrogen-bond acceptors (Lipinski definition) is 4. The normalized spacial score (nSPS) is 16.7. The third kappa shape index (κ3) is 4.28. The summed E-state index contributed by atoms with van der Waals surface area (Å²) in [4.78, 5) is 17.1. The van der Waals surface area contributed by atoms with E-state index < -0.39 is 0 Å². The summed E-state index contributed by atoms with van der Waals surface area (Å²) in [7, 11) is 4.04. The maximum absolute atomic E-state index is 13.1. The van der Waals surface area contributed by atoms with Crippen LogP contribution in [0.2, 0.25) is 0 Å². The van der Waals surface area contributed by atoms with Crippen molar-refractivity contribution in [3.8, 4) is 0 Å². The van der Waals surface area contributed by atoms with Gasteiger partial charge in [0.2, 0.25) is 0 Å². The first-order valence-electron chi connectivity index (χ1n) is 9.18. The van der Waals surface area contributed by atoms with Crippen LogP contribution < -0.4 is 4.90 Å². The van der Waals surface area contributed by atoms with Crippen LogP contribution in [0.4, 0.5) is 5.69 Å². The number of rotatable bonds is 6. The molecular formula is C21H28N2O3. The molecule has 3 rings (SSSR count). The van der Waals surface area contributed by atoms with E-state index in [0.717, 1.165) is 36.5 Å². The number of carbonyl (C=O) groups is 1. The van der Waals surface area contributed by atoms with E-state index in [4.69, 9.17) is 9.15 Å². The maximum atomic E-state index is 13.1. The number of aryl methyl sites for hydroxylation is 2. The van der Waals surface area contributed by atoms with Gasteiger partial charge in [0.1, 0.15) is 11.5 Å². The second kappa shape index (κ2) is 7.96. The number of nitrogens with zero attached hydrogens (tertiary/aromatic N) is 2. The lowest BCUT2D eigenvalue weighted by molar-refractivity contribution is 0.0506. The fourth-order valence-electron chi connectivity index (χ4n) is 3.39. The Kier molecular flexibility index (Phi) is 5.67. The molecule has 0 N–H and O–H groups in total. The van der Waals surface area contributed by atoms with Crippen LogP contribution in [0.3, 0.4) is 0 Å². The SMILES string of the molecule is Cc1cc(C(=O)N(Cc2ccc(N(C)C)cc2)C[C@@H]2CCCO2)c(C)o1. The summed E-state index contributed by atoms with van der Waals surface area (Å²) in [6, 6.07) is 10.2. The summed E-state index contributed by atoms with van der Waals surface area (Å²) in [6.07, 6.45) is 2.19. The average Bonchev–Trinajstić information content (AvgIpc) is 3.23. The van der Waals surface area contributed by atoms with E-state index in [2.05, 4.69) is 29.2 Å². The van der Waals surface area contributed by atoms with Crippen molar-refractivity contribution >= 4 is 11.6 Å². The van der Waals surface area contributed by atoms with E-state index in [9.17, 15) is 4.79 Å². The predicted molar refractivity (Wildman–Crippen MR) is 103 cm³/mol. The Morgan fingerprint density at radius 3 is 2.46 bits per heavy atom. The smallest absolute Gasteiger partial charge is 0.257 e. The van der Waals surface area contributed by atoms with Crippen LogP contribution >= 0.6 is 0 Å². The van der Waals surface area contributed by atoms with Gasteiger partial charge in [-0.15, -0.1) is 0 Å². The van der Waals surface area contributed by atoms with E-state index in [0.29, 0.717) is 24.4 Å². The van der Waals surface area contributed by atoms with E-state index in [-0.39, 0.29) is 12.0 Å². The molecule has 1 saturated heterocycles. The molecule has 26 heavy (non-hydrogen) atoms. The molecule has 1 aromatic carbocycles. The van der Waals surface area contributed by atoms with Crippen molar-refractivity contribution in [3.05, 3.63) is 53.0 Å². The molecule has 0 bridgehead atoms. The molecule has 0 radical (unpaired) electrons. The fraction of sp³-hybridized carbons (Fsp3) is 0.476. The van der Waals surface area contributed by atoms with Crippen LogP contribution in [0.1, 0.15) is 40.3 Å². The fourth-order valence-corrected chi connectivity index (χ4v) is 3.39. The number of benzene rings is 1. The van der Waals surface area contributed by atoms with E-state index in [1.54, 1.807) is 0 Å². The molecule has 5 heteroatoms. The molecule has 0 aliphatic carbocycles. The van der Waals surface area contributed by atoms with Crippen LogP contribution in [0, 0.1) is 13.8 Å². The first-order chi connectivity index (χ1) is 12.4. The van der Waals surface area contributed by atoms with Gasteiger partial charge in [-0.1, -0.05) is 12.1 Å². The second-order valence-corrected chi connectivity index (χ2v) is 7.21. The standard InChI is InChI=1S/C21H28N2O3/c1-15-12-20(16(2)26-15)21(24)23(14-19-6-5-11-25-19)13-17-7-9-18(10-8-17)22(3)4/h7-10,12,19H,5-6,11,13-14H2,1-4H3/t19-/m0/s1. The molecule has 1 aromatic heterocycles. The Hall–Kier alpha value is -2.27. The molecule has 1 amide bonds. The number of anilines is 1. The van der Waals surface area contributed by atoms with Crippen molar-refractivity contribution in [2.24, 2.45) is 0 Å². The van der Waals surface area contributed by atoms with Crippen LogP contribution in [0.25, 0.3) is 0 Å². The lowest BCUT2D eigenvalue weighted by Crippen LogP contribution is -2.37. The lowest BCUT2D eigenvalue weighted by atomic mass is 10.1. The van der Waals surface area contributed by atoms with Gasteiger partial charge in [-0.2, -0.15) is 0 Å². The van der Waals surface area contributed by atoms with Gasteiger partial charge in [-0.3, -0.25) is 4.79 Å². The van der Waals surface area contributed by atoms with E-state index in [1.165, 1.54) is 0 Å². The van der Waals surface area contributed by atoms with Crippen molar-refractivity contribution in [2.45, 2.75) is 39.3 Å². The van der Waals surface area contributed by atoms with Gasteiger partial charge in [-0.05, 0) is 50.5 Å². The highest BCUT2D eigenvalue weighted by Crippen LogP contribution is 2.21. The summed E-state index contributed by atoms with van der Waals surface area (Å²) >= 11 is 0. The Balaban J connectivity index is 1.80. The van der Waals surface area contributed by atoms with Crippen LogP contribution in [0.5, 0.6) is 0 Å². The van der Waals surface area contributed by atoms with Gasteiger partial charge in [-0.25, -0.2) is 0 Å². The topological polar surface area (TPSA) is 45.9 Å². The number of ether oxygens (including phenoxy) is 1. The zero-order valence-electron chi connectivity index (χ0n) is 16.1. The monoisotopic (exact) mass is 356 g/mol.